The lowest BCUT2D eigenvalue weighted by molar-refractivity contribution is -0.140. The fourth-order valence-corrected chi connectivity index (χ4v) is 3.94. The molecule has 1 heterocycles. The molecule has 176 valence electrons. The zero-order valence-electron chi connectivity index (χ0n) is 19.1. The average Bonchev–Trinajstić information content (AvgIpc) is 3.03. The molecule has 0 aromatic heterocycles. The third-order valence-electron chi connectivity index (χ3n) is 5.16. The first kappa shape index (κ1) is 24.6. The van der Waals surface area contributed by atoms with Gasteiger partial charge in [0.25, 0.3) is 11.7 Å². The summed E-state index contributed by atoms with van der Waals surface area (Å²) in [4.78, 5) is 27.5. The first-order valence-corrected chi connectivity index (χ1v) is 11.1. The zero-order chi connectivity index (χ0) is 24.1. The first-order chi connectivity index (χ1) is 15.8. The quantitative estimate of drug-likeness (QED) is 0.325. The Morgan fingerprint density at radius 1 is 1.15 bits per heavy atom. The molecule has 1 fully saturated rings. The number of aliphatic hydroxyl groups excluding tert-OH is 1. The molecular formula is C25H28ClNO6. The molecule has 33 heavy (non-hydrogen) atoms. The van der Waals surface area contributed by atoms with Crippen LogP contribution in [0.25, 0.3) is 5.76 Å². The molecule has 2 aromatic carbocycles. The highest BCUT2D eigenvalue weighted by atomic mass is 35.5. The Balaban J connectivity index is 2.21. The van der Waals surface area contributed by atoms with Crippen LogP contribution < -0.4 is 9.47 Å². The van der Waals surface area contributed by atoms with Crippen molar-refractivity contribution in [1.82, 2.24) is 4.90 Å². The summed E-state index contributed by atoms with van der Waals surface area (Å²) in [6, 6.07) is 11.0. The van der Waals surface area contributed by atoms with E-state index in [1.807, 2.05) is 26.8 Å². The lowest BCUT2D eigenvalue weighted by Gasteiger charge is -2.27. The van der Waals surface area contributed by atoms with Crippen molar-refractivity contribution < 1.29 is 28.9 Å². The Morgan fingerprint density at radius 2 is 1.88 bits per heavy atom. The first-order valence-electron chi connectivity index (χ1n) is 10.8. The van der Waals surface area contributed by atoms with Gasteiger partial charge in [-0.1, -0.05) is 29.8 Å². The number of ketones is 1. The summed E-state index contributed by atoms with van der Waals surface area (Å²) in [5, 5.41) is 11.6. The van der Waals surface area contributed by atoms with Crippen molar-refractivity contribution >= 4 is 29.1 Å². The second-order valence-electron chi connectivity index (χ2n) is 7.77. The summed E-state index contributed by atoms with van der Waals surface area (Å²) in [6.07, 6.45) is -0.127. The minimum atomic E-state index is -0.846. The van der Waals surface area contributed by atoms with Crippen LogP contribution in [0.2, 0.25) is 5.02 Å². The molecule has 8 heteroatoms. The van der Waals surface area contributed by atoms with Crippen LogP contribution in [0.4, 0.5) is 0 Å². The lowest BCUT2D eigenvalue weighted by Crippen LogP contribution is -2.33. The monoisotopic (exact) mass is 473 g/mol. The van der Waals surface area contributed by atoms with Gasteiger partial charge in [-0.3, -0.25) is 9.59 Å². The lowest BCUT2D eigenvalue weighted by atomic mass is 9.94. The van der Waals surface area contributed by atoms with Crippen molar-refractivity contribution in [3.05, 3.63) is 64.2 Å². The molecule has 1 amide bonds. The number of aliphatic hydroxyl groups is 1. The third-order valence-corrected chi connectivity index (χ3v) is 5.47. The van der Waals surface area contributed by atoms with E-state index in [0.29, 0.717) is 34.3 Å². The highest BCUT2D eigenvalue weighted by Gasteiger charge is 2.47. The molecule has 7 nitrogen and oxygen atoms in total. The Morgan fingerprint density at radius 3 is 2.55 bits per heavy atom. The maximum absolute atomic E-state index is 13.1. The van der Waals surface area contributed by atoms with E-state index >= 15 is 0 Å². The van der Waals surface area contributed by atoms with E-state index in [1.54, 1.807) is 36.4 Å². The van der Waals surface area contributed by atoms with Crippen molar-refractivity contribution in [3.8, 4) is 11.5 Å². The van der Waals surface area contributed by atoms with Crippen LogP contribution in [-0.4, -0.2) is 54.7 Å². The standard InChI is InChI=1S/C25H28ClNO6/c1-5-32-20-14-16(10-11-18(20)26)23(28)21-22(27(12-13-31-4)25(30)24(21)29)17-8-6-7-9-19(17)33-15(2)3/h6-11,14-15,22,28H,5,12-13H2,1-4H3/b23-21-. The summed E-state index contributed by atoms with van der Waals surface area (Å²) in [6.45, 7) is 6.37. The van der Waals surface area contributed by atoms with Gasteiger partial charge < -0.3 is 24.2 Å². The van der Waals surface area contributed by atoms with Crippen LogP contribution in [0.3, 0.4) is 0 Å². The highest BCUT2D eigenvalue weighted by Crippen LogP contribution is 2.43. The molecule has 1 atom stereocenters. The van der Waals surface area contributed by atoms with E-state index in [0.717, 1.165) is 0 Å². The fourth-order valence-electron chi connectivity index (χ4n) is 3.76. The highest BCUT2D eigenvalue weighted by molar-refractivity contribution is 6.46. The summed E-state index contributed by atoms with van der Waals surface area (Å²) in [7, 11) is 1.52. The van der Waals surface area contributed by atoms with E-state index in [2.05, 4.69) is 0 Å². The molecule has 0 spiro atoms. The zero-order valence-corrected chi connectivity index (χ0v) is 19.9. The van der Waals surface area contributed by atoms with E-state index in [1.165, 1.54) is 12.0 Å². The molecule has 0 bridgehead atoms. The number of hydrogen-bond donors (Lipinski definition) is 1. The van der Waals surface area contributed by atoms with Crippen LogP contribution >= 0.6 is 11.6 Å². The van der Waals surface area contributed by atoms with Gasteiger partial charge in [-0.25, -0.2) is 0 Å². The fraction of sp³-hybridized carbons (Fsp3) is 0.360. The van der Waals surface area contributed by atoms with Gasteiger partial charge in [0.1, 0.15) is 17.3 Å². The Hall–Kier alpha value is -3.03. The third kappa shape index (κ3) is 5.15. The molecule has 0 radical (unpaired) electrons. The van der Waals surface area contributed by atoms with Crippen LogP contribution in [0.1, 0.15) is 37.9 Å². The van der Waals surface area contributed by atoms with E-state index in [9.17, 15) is 14.7 Å². The Kier molecular flexibility index (Phi) is 8.00. The minimum Gasteiger partial charge on any atom is -0.507 e. The number of likely N-dealkylation sites (tertiary alicyclic amines) is 1. The summed E-state index contributed by atoms with van der Waals surface area (Å²) < 4.78 is 16.6. The van der Waals surface area contributed by atoms with Crippen LogP contribution in [0.5, 0.6) is 11.5 Å². The molecule has 1 unspecified atom stereocenters. The van der Waals surface area contributed by atoms with Crippen molar-refractivity contribution in [2.24, 2.45) is 0 Å². The van der Waals surface area contributed by atoms with Gasteiger partial charge in [-0.2, -0.15) is 0 Å². The second kappa shape index (κ2) is 10.7. The summed E-state index contributed by atoms with van der Waals surface area (Å²) in [5.74, 6) is -0.899. The number of methoxy groups -OCH3 is 1. The molecule has 1 aliphatic heterocycles. The van der Waals surface area contributed by atoms with Crippen LogP contribution in [0, 0.1) is 0 Å². The number of amides is 1. The van der Waals surface area contributed by atoms with Crippen LogP contribution in [-0.2, 0) is 14.3 Å². The Labute approximate surface area is 198 Å². The molecule has 3 rings (SSSR count). The number of carbonyl (C=O) groups is 2. The molecule has 0 aliphatic carbocycles. The van der Waals surface area contributed by atoms with E-state index < -0.39 is 17.7 Å². The molecule has 2 aromatic rings. The number of ether oxygens (including phenoxy) is 3. The van der Waals surface area contributed by atoms with Crippen molar-refractivity contribution in [2.75, 3.05) is 26.9 Å². The average molecular weight is 474 g/mol. The van der Waals surface area contributed by atoms with Gasteiger partial charge in [0.15, 0.2) is 0 Å². The molecule has 0 saturated carbocycles. The van der Waals surface area contributed by atoms with Gasteiger partial charge in [0.05, 0.1) is 36.0 Å². The maximum atomic E-state index is 13.1. The number of halogens is 1. The molecular weight excluding hydrogens is 446 g/mol. The van der Waals surface area contributed by atoms with Gasteiger partial charge in [-0.05, 0) is 45.0 Å². The van der Waals surface area contributed by atoms with Crippen molar-refractivity contribution in [2.45, 2.75) is 32.9 Å². The molecule has 1 aliphatic rings. The number of hydrogen-bond acceptors (Lipinski definition) is 6. The Bertz CT molecular complexity index is 1060. The van der Waals surface area contributed by atoms with Crippen molar-refractivity contribution in [1.29, 1.82) is 0 Å². The smallest absolute Gasteiger partial charge is 0.295 e. The van der Waals surface area contributed by atoms with Gasteiger partial charge in [0.2, 0.25) is 0 Å². The predicted octanol–water partition coefficient (Wildman–Crippen LogP) is 4.59. The number of nitrogens with zero attached hydrogens (tertiary/aromatic N) is 1. The predicted molar refractivity (Wildman–Crippen MR) is 126 cm³/mol. The summed E-state index contributed by atoms with van der Waals surface area (Å²) in [5.41, 5.74) is 0.891. The van der Waals surface area contributed by atoms with Gasteiger partial charge in [0, 0.05) is 24.8 Å². The van der Waals surface area contributed by atoms with Gasteiger partial charge >= 0.3 is 0 Å². The largest absolute Gasteiger partial charge is 0.507 e. The van der Waals surface area contributed by atoms with Crippen LogP contribution in [0.15, 0.2) is 48.0 Å². The maximum Gasteiger partial charge on any atom is 0.295 e. The van der Waals surface area contributed by atoms with E-state index in [4.69, 9.17) is 25.8 Å². The minimum absolute atomic E-state index is 0.0271. The van der Waals surface area contributed by atoms with E-state index in [-0.39, 0.29) is 30.6 Å². The second-order valence-corrected chi connectivity index (χ2v) is 8.18. The summed E-state index contributed by atoms with van der Waals surface area (Å²) >= 11 is 6.18. The normalized spacial score (nSPS) is 17.6. The number of carbonyl (C=O) groups excluding carboxylic acids is 2. The van der Waals surface area contributed by atoms with Gasteiger partial charge in [-0.15, -0.1) is 0 Å². The SMILES string of the molecule is CCOc1cc(/C(O)=C2/C(=O)C(=O)N(CCOC)C2c2ccccc2OC(C)C)ccc1Cl. The molecule has 1 N–H and O–H groups in total. The number of rotatable bonds is 9. The number of benzene rings is 2. The number of Topliss-reactive ketones (excluding diaryl/α,β-unsaturated/α-hetero) is 1. The molecule has 1 saturated heterocycles. The number of para-hydroxylation sites is 1. The van der Waals surface area contributed by atoms with Crippen molar-refractivity contribution in [3.63, 3.8) is 0 Å². The topological polar surface area (TPSA) is 85.3 Å².